The molecule has 0 atom stereocenters. The Balaban J connectivity index is 4.49. The first-order valence-electron chi connectivity index (χ1n) is 5.82. The molecule has 0 aliphatic heterocycles. The number of rotatable bonds is 9. The minimum absolute atomic E-state index is 0.391. The lowest BCUT2D eigenvalue weighted by molar-refractivity contribution is -0.133. The monoisotopic (exact) mass is 246 g/mol. The smallest absolute Gasteiger partial charge is 0.331 e. The normalized spacial score (nSPS) is 12.3. The van der Waals surface area contributed by atoms with Crippen molar-refractivity contribution in [2.45, 2.75) is 39.0 Å². The zero-order valence-electron chi connectivity index (χ0n) is 10.4. The molecule has 94 valence electrons. The number of carboxylic acid groups (broad SMARTS) is 1. The van der Waals surface area contributed by atoms with Crippen LogP contribution in [0.15, 0.2) is 11.6 Å². The standard InChI is InChI=1S/C11H22O4Si/c1-3-14-10(15-4-2)8-9(11(12)13)6-5-7-16/h8,10H,3-7H2,1-2,16H3,(H,12,13). The van der Waals surface area contributed by atoms with Gasteiger partial charge in [-0.1, -0.05) is 12.5 Å². The first-order valence-corrected chi connectivity index (χ1v) is 7.24. The zero-order valence-corrected chi connectivity index (χ0v) is 12.4. The Kier molecular flexibility index (Phi) is 9.17. The molecule has 0 aromatic rings. The fraction of sp³-hybridized carbons (Fsp3) is 0.727. The van der Waals surface area contributed by atoms with Crippen LogP contribution in [-0.4, -0.2) is 40.8 Å². The van der Waals surface area contributed by atoms with Gasteiger partial charge in [-0.15, -0.1) is 0 Å². The van der Waals surface area contributed by atoms with E-state index in [0.29, 0.717) is 25.2 Å². The summed E-state index contributed by atoms with van der Waals surface area (Å²) in [5.74, 6) is -0.875. The number of aliphatic carboxylic acids is 1. The molecule has 16 heavy (non-hydrogen) atoms. The Morgan fingerprint density at radius 3 is 2.31 bits per heavy atom. The lowest BCUT2D eigenvalue weighted by atomic mass is 10.1. The summed E-state index contributed by atoms with van der Waals surface area (Å²) in [6, 6.07) is 1.11. The third-order valence-electron chi connectivity index (χ3n) is 2.07. The molecule has 0 rings (SSSR count). The summed E-state index contributed by atoms with van der Waals surface area (Å²) in [5, 5.41) is 9.02. The van der Waals surface area contributed by atoms with E-state index < -0.39 is 12.3 Å². The first-order chi connectivity index (χ1) is 7.65. The second-order valence-electron chi connectivity index (χ2n) is 3.38. The fourth-order valence-corrected chi connectivity index (χ4v) is 1.62. The van der Waals surface area contributed by atoms with Crippen molar-refractivity contribution in [3.05, 3.63) is 11.6 Å². The van der Waals surface area contributed by atoms with E-state index >= 15 is 0 Å². The van der Waals surface area contributed by atoms with E-state index in [-0.39, 0.29) is 0 Å². The van der Waals surface area contributed by atoms with Crippen LogP contribution in [0, 0.1) is 0 Å². The van der Waals surface area contributed by atoms with Gasteiger partial charge in [0.1, 0.15) is 0 Å². The highest BCUT2D eigenvalue weighted by atomic mass is 28.1. The fourth-order valence-electron chi connectivity index (χ4n) is 1.27. The number of hydrogen-bond donors (Lipinski definition) is 1. The predicted molar refractivity (Wildman–Crippen MR) is 66.7 cm³/mol. The van der Waals surface area contributed by atoms with Crippen LogP contribution in [0.25, 0.3) is 0 Å². The van der Waals surface area contributed by atoms with Gasteiger partial charge in [0.05, 0.1) is 0 Å². The topological polar surface area (TPSA) is 55.8 Å². The predicted octanol–water partition coefficient (Wildman–Crippen LogP) is 0.960. The lowest BCUT2D eigenvalue weighted by Gasteiger charge is -2.14. The Morgan fingerprint density at radius 1 is 1.38 bits per heavy atom. The summed E-state index contributed by atoms with van der Waals surface area (Å²) in [7, 11) is 1.11. The molecule has 5 heteroatoms. The third kappa shape index (κ3) is 6.76. The quantitative estimate of drug-likeness (QED) is 0.374. The van der Waals surface area contributed by atoms with Crippen molar-refractivity contribution in [1.29, 1.82) is 0 Å². The molecule has 0 unspecified atom stereocenters. The van der Waals surface area contributed by atoms with Crippen LogP contribution in [0.3, 0.4) is 0 Å². The third-order valence-corrected chi connectivity index (χ3v) is 2.78. The van der Waals surface area contributed by atoms with Gasteiger partial charge < -0.3 is 14.6 Å². The molecule has 0 amide bonds. The van der Waals surface area contributed by atoms with E-state index in [2.05, 4.69) is 0 Å². The SMILES string of the molecule is CCOC(C=C(CCC[SiH3])C(=O)O)OCC. The van der Waals surface area contributed by atoms with Gasteiger partial charge in [0.15, 0.2) is 6.29 Å². The summed E-state index contributed by atoms with van der Waals surface area (Å²) in [4.78, 5) is 11.0. The van der Waals surface area contributed by atoms with Gasteiger partial charge in [-0.25, -0.2) is 4.79 Å². The Bertz CT molecular complexity index is 222. The molecule has 0 saturated carbocycles. The second kappa shape index (κ2) is 9.56. The molecule has 0 aromatic heterocycles. The number of carboxylic acids is 1. The van der Waals surface area contributed by atoms with E-state index in [9.17, 15) is 4.79 Å². The highest BCUT2D eigenvalue weighted by Crippen LogP contribution is 2.10. The molecule has 1 N–H and O–H groups in total. The highest BCUT2D eigenvalue weighted by molar-refractivity contribution is 6.08. The van der Waals surface area contributed by atoms with E-state index in [1.54, 1.807) is 6.08 Å². The Morgan fingerprint density at radius 2 is 1.94 bits per heavy atom. The van der Waals surface area contributed by atoms with Gasteiger partial charge in [0.25, 0.3) is 0 Å². The minimum Gasteiger partial charge on any atom is -0.478 e. The van der Waals surface area contributed by atoms with E-state index in [1.165, 1.54) is 0 Å². The highest BCUT2D eigenvalue weighted by Gasteiger charge is 2.11. The molecule has 0 spiro atoms. The molecule has 4 nitrogen and oxygen atoms in total. The van der Waals surface area contributed by atoms with Crippen molar-refractivity contribution < 1.29 is 19.4 Å². The van der Waals surface area contributed by atoms with Crippen molar-refractivity contribution in [1.82, 2.24) is 0 Å². The largest absolute Gasteiger partial charge is 0.478 e. The average molecular weight is 246 g/mol. The Hall–Kier alpha value is -0.653. The molecule has 0 aliphatic rings. The van der Waals surface area contributed by atoms with Crippen molar-refractivity contribution >= 4 is 16.2 Å². The molecular weight excluding hydrogens is 224 g/mol. The van der Waals surface area contributed by atoms with Crippen molar-refractivity contribution in [2.24, 2.45) is 0 Å². The van der Waals surface area contributed by atoms with E-state index in [4.69, 9.17) is 14.6 Å². The van der Waals surface area contributed by atoms with Gasteiger partial charge in [-0.2, -0.15) is 0 Å². The van der Waals surface area contributed by atoms with Gasteiger partial charge in [0.2, 0.25) is 0 Å². The zero-order chi connectivity index (χ0) is 12.4. The number of ether oxygens (including phenoxy) is 2. The van der Waals surface area contributed by atoms with E-state index in [1.807, 2.05) is 13.8 Å². The first kappa shape index (κ1) is 15.3. The van der Waals surface area contributed by atoms with Crippen LogP contribution in [-0.2, 0) is 14.3 Å². The summed E-state index contributed by atoms with van der Waals surface area (Å²) in [6.07, 6.45) is 2.56. The van der Waals surface area contributed by atoms with Gasteiger partial charge >= 0.3 is 5.97 Å². The van der Waals surface area contributed by atoms with Crippen LogP contribution in [0.5, 0.6) is 0 Å². The summed E-state index contributed by atoms with van der Waals surface area (Å²) < 4.78 is 10.6. The van der Waals surface area contributed by atoms with Gasteiger partial charge in [0, 0.05) is 29.0 Å². The molecular formula is C11H22O4Si. The van der Waals surface area contributed by atoms with E-state index in [0.717, 1.165) is 22.7 Å². The average Bonchev–Trinajstić information content (AvgIpc) is 2.24. The van der Waals surface area contributed by atoms with Crippen LogP contribution >= 0.6 is 0 Å². The van der Waals surface area contributed by atoms with Gasteiger partial charge in [-0.05, 0) is 26.3 Å². The number of carbonyl (C=O) groups is 1. The molecule has 0 aliphatic carbocycles. The maximum absolute atomic E-state index is 11.0. The molecule has 0 fully saturated rings. The van der Waals surface area contributed by atoms with Crippen LogP contribution in [0.4, 0.5) is 0 Å². The molecule has 0 bridgehead atoms. The van der Waals surface area contributed by atoms with Crippen molar-refractivity contribution in [3.63, 3.8) is 0 Å². The van der Waals surface area contributed by atoms with Crippen LogP contribution in [0.2, 0.25) is 6.04 Å². The molecule has 0 heterocycles. The summed E-state index contributed by atoms with van der Waals surface area (Å²) >= 11 is 0. The second-order valence-corrected chi connectivity index (χ2v) is 4.38. The minimum atomic E-state index is -0.875. The molecule has 0 radical (unpaired) electrons. The maximum atomic E-state index is 11.0. The van der Waals surface area contributed by atoms with Crippen molar-refractivity contribution in [2.75, 3.05) is 13.2 Å². The lowest BCUT2D eigenvalue weighted by Crippen LogP contribution is -2.17. The maximum Gasteiger partial charge on any atom is 0.331 e. The molecule has 0 aromatic carbocycles. The van der Waals surface area contributed by atoms with Crippen LogP contribution in [0.1, 0.15) is 26.7 Å². The summed E-state index contributed by atoms with van der Waals surface area (Å²) in [6.45, 7) is 4.74. The molecule has 0 saturated heterocycles. The number of hydrogen-bond acceptors (Lipinski definition) is 3. The van der Waals surface area contributed by atoms with Crippen molar-refractivity contribution in [3.8, 4) is 0 Å². The Labute approximate surface area is 100 Å². The van der Waals surface area contributed by atoms with Gasteiger partial charge in [-0.3, -0.25) is 0 Å². The van der Waals surface area contributed by atoms with Crippen LogP contribution < -0.4 is 0 Å². The summed E-state index contributed by atoms with van der Waals surface area (Å²) in [5.41, 5.74) is 0.391.